The molecule has 1 aromatic rings. The van der Waals surface area contributed by atoms with E-state index in [4.69, 9.17) is 5.73 Å². The van der Waals surface area contributed by atoms with Gasteiger partial charge in [-0.05, 0) is 29.9 Å². The number of nitrogens with two attached hydrogens (primary N) is 1. The number of amides is 1. The minimum atomic E-state index is -0.0474. The fourth-order valence-electron chi connectivity index (χ4n) is 2.40. The SMILES string of the molecule is CC(C)C(N)CC(=O)NC1Cc2ccccc2C1. The van der Waals surface area contributed by atoms with Gasteiger partial charge < -0.3 is 11.1 Å². The topological polar surface area (TPSA) is 55.1 Å². The van der Waals surface area contributed by atoms with E-state index in [1.165, 1.54) is 11.1 Å². The van der Waals surface area contributed by atoms with Crippen molar-refractivity contribution in [2.75, 3.05) is 0 Å². The molecule has 0 bridgehead atoms. The molecule has 0 saturated heterocycles. The standard InChI is InChI=1S/C15H22N2O/c1-10(2)14(16)9-15(18)17-13-7-11-5-3-4-6-12(11)8-13/h3-6,10,13-14H,7-9,16H2,1-2H3,(H,17,18). The van der Waals surface area contributed by atoms with E-state index in [9.17, 15) is 4.79 Å². The second kappa shape index (κ2) is 5.53. The van der Waals surface area contributed by atoms with E-state index in [1.807, 2.05) is 13.8 Å². The molecule has 18 heavy (non-hydrogen) atoms. The second-order valence-electron chi connectivity index (χ2n) is 5.55. The molecule has 1 amide bonds. The smallest absolute Gasteiger partial charge is 0.221 e. The van der Waals surface area contributed by atoms with Gasteiger partial charge in [-0.2, -0.15) is 0 Å². The van der Waals surface area contributed by atoms with Crippen LogP contribution in [0.1, 0.15) is 31.4 Å². The van der Waals surface area contributed by atoms with Crippen LogP contribution in [0.5, 0.6) is 0 Å². The molecular formula is C15H22N2O. The molecule has 1 unspecified atom stereocenters. The summed E-state index contributed by atoms with van der Waals surface area (Å²) in [6.07, 6.45) is 2.31. The summed E-state index contributed by atoms with van der Waals surface area (Å²) in [7, 11) is 0. The summed E-state index contributed by atoms with van der Waals surface area (Å²) in [5.74, 6) is 0.422. The van der Waals surface area contributed by atoms with Gasteiger partial charge in [-0.3, -0.25) is 4.79 Å². The Morgan fingerprint density at radius 1 is 1.33 bits per heavy atom. The van der Waals surface area contributed by atoms with Gasteiger partial charge in [-0.25, -0.2) is 0 Å². The number of fused-ring (bicyclic) bond motifs is 1. The summed E-state index contributed by atoms with van der Waals surface area (Å²) in [6.45, 7) is 4.09. The normalized spacial score (nSPS) is 16.7. The molecule has 0 fully saturated rings. The van der Waals surface area contributed by atoms with E-state index < -0.39 is 0 Å². The van der Waals surface area contributed by atoms with Crippen LogP contribution in [0.25, 0.3) is 0 Å². The lowest BCUT2D eigenvalue weighted by Crippen LogP contribution is -2.40. The number of hydrogen-bond donors (Lipinski definition) is 2. The number of hydrogen-bond acceptors (Lipinski definition) is 2. The highest BCUT2D eigenvalue weighted by molar-refractivity contribution is 5.77. The van der Waals surface area contributed by atoms with Crippen molar-refractivity contribution in [3.05, 3.63) is 35.4 Å². The van der Waals surface area contributed by atoms with E-state index in [0.717, 1.165) is 12.8 Å². The molecule has 0 radical (unpaired) electrons. The Labute approximate surface area is 109 Å². The van der Waals surface area contributed by atoms with Crippen LogP contribution >= 0.6 is 0 Å². The van der Waals surface area contributed by atoms with Gasteiger partial charge in [0, 0.05) is 18.5 Å². The minimum absolute atomic E-state index is 0.0474. The third-order valence-electron chi connectivity index (χ3n) is 3.69. The van der Waals surface area contributed by atoms with Crippen molar-refractivity contribution in [1.82, 2.24) is 5.32 Å². The summed E-state index contributed by atoms with van der Waals surface area (Å²) in [6, 6.07) is 8.58. The molecule has 2 rings (SSSR count). The third kappa shape index (κ3) is 3.10. The number of carbonyl (C=O) groups is 1. The van der Waals surface area contributed by atoms with Crippen molar-refractivity contribution < 1.29 is 4.79 Å². The predicted molar refractivity (Wildman–Crippen MR) is 73.2 cm³/mol. The van der Waals surface area contributed by atoms with Crippen molar-refractivity contribution in [3.63, 3.8) is 0 Å². The average Bonchev–Trinajstić information content (AvgIpc) is 2.70. The Morgan fingerprint density at radius 2 is 1.89 bits per heavy atom. The van der Waals surface area contributed by atoms with Crippen LogP contribution in [-0.4, -0.2) is 18.0 Å². The molecule has 0 saturated carbocycles. The maximum absolute atomic E-state index is 11.9. The first kappa shape index (κ1) is 13.1. The lowest BCUT2D eigenvalue weighted by Gasteiger charge is -2.17. The largest absolute Gasteiger partial charge is 0.353 e. The van der Waals surface area contributed by atoms with E-state index in [-0.39, 0.29) is 18.0 Å². The van der Waals surface area contributed by atoms with Gasteiger partial charge in [-0.1, -0.05) is 38.1 Å². The third-order valence-corrected chi connectivity index (χ3v) is 3.69. The Morgan fingerprint density at radius 3 is 2.39 bits per heavy atom. The fraction of sp³-hybridized carbons (Fsp3) is 0.533. The molecule has 0 aromatic heterocycles. The van der Waals surface area contributed by atoms with E-state index >= 15 is 0 Å². The molecule has 1 aliphatic rings. The highest BCUT2D eigenvalue weighted by Gasteiger charge is 2.23. The molecule has 3 N–H and O–H groups in total. The molecule has 1 atom stereocenters. The van der Waals surface area contributed by atoms with Gasteiger partial charge in [0.2, 0.25) is 5.91 Å². The van der Waals surface area contributed by atoms with Crippen LogP contribution in [-0.2, 0) is 17.6 Å². The fourth-order valence-corrected chi connectivity index (χ4v) is 2.40. The number of carbonyl (C=O) groups excluding carboxylic acids is 1. The van der Waals surface area contributed by atoms with Crippen LogP contribution in [0.4, 0.5) is 0 Å². The monoisotopic (exact) mass is 246 g/mol. The predicted octanol–water partition coefficient (Wildman–Crippen LogP) is 1.64. The number of benzene rings is 1. The van der Waals surface area contributed by atoms with Gasteiger partial charge in [0.1, 0.15) is 0 Å². The highest BCUT2D eigenvalue weighted by Crippen LogP contribution is 2.21. The van der Waals surface area contributed by atoms with Crippen molar-refractivity contribution in [1.29, 1.82) is 0 Å². The molecule has 1 aliphatic carbocycles. The van der Waals surface area contributed by atoms with Gasteiger partial charge in [0.05, 0.1) is 0 Å². The maximum Gasteiger partial charge on any atom is 0.221 e. The van der Waals surface area contributed by atoms with Crippen LogP contribution in [0, 0.1) is 5.92 Å². The molecule has 3 heteroatoms. The molecule has 0 aliphatic heterocycles. The average molecular weight is 246 g/mol. The van der Waals surface area contributed by atoms with Gasteiger partial charge in [0.25, 0.3) is 0 Å². The minimum Gasteiger partial charge on any atom is -0.353 e. The van der Waals surface area contributed by atoms with Gasteiger partial charge in [-0.15, -0.1) is 0 Å². The molecule has 3 nitrogen and oxygen atoms in total. The summed E-state index contributed by atoms with van der Waals surface area (Å²) in [5, 5.41) is 3.09. The van der Waals surface area contributed by atoms with Gasteiger partial charge in [0.15, 0.2) is 0 Å². The highest BCUT2D eigenvalue weighted by atomic mass is 16.1. The zero-order chi connectivity index (χ0) is 13.1. The zero-order valence-electron chi connectivity index (χ0n) is 11.1. The summed E-state index contributed by atoms with van der Waals surface area (Å²) >= 11 is 0. The van der Waals surface area contributed by atoms with E-state index in [0.29, 0.717) is 12.3 Å². The lowest BCUT2D eigenvalue weighted by molar-refractivity contribution is -0.122. The molecule has 1 aromatic carbocycles. The van der Waals surface area contributed by atoms with Crippen LogP contribution in [0.2, 0.25) is 0 Å². The van der Waals surface area contributed by atoms with Gasteiger partial charge >= 0.3 is 0 Å². The lowest BCUT2D eigenvalue weighted by atomic mass is 10.0. The Bertz CT molecular complexity index is 403. The number of nitrogens with one attached hydrogen (secondary N) is 1. The Hall–Kier alpha value is -1.35. The first-order chi connectivity index (χ1) is 8.56. The Kier molecular flexibility index (Phi) is 4.02. The Balaban J connectivity index is 1.84. The quantitative estimate of drug-likeness (QED) is 0.848. The summed E-state index contributed by atoms with van der Waals surface area (Å²) < 4.78 is 0. The van der Waals surface area contributed by atoms with Crippen molar-refractivity contribution >= 4 is 5.91 Å². The van der Waals surface area contributed by atoms with Crippen molar-refractivity contribution in [2.45, 2.75) is 45.2 Å². The van der Waals surface area contributed by atoms with Crippen LogP contribution in [0.15, 0.2) is 24.3 Å². The summed E-state index contributed by atoms with van der Waals surface area (Å²) in [5.41, 5.74) is 8.63. The zero-order valence-corrected chi connectivity index (χ0v) is 11.1. The first-order valence-electron chi connectivity index (χ1n) is 6.68. The van der Waals surface area contributed by atoms with E-state index in [1.54, 1.807) is 0 Å². The molecular weight excluding hydrogens is 224 g/mol. The summed E-state index contributed by atoms with van der Waals surface area (Å²) in [4.78, 5) is 11.9. The van der Waals surface area contributed by atoms with Crippen molar-refractivity contribution in [2.24, 2.45) is 11.7 Å². The first-order valence-corrected chi connectivity index (χ1v) is 6.68. The maximum atomic E-state index is 11.9. The molecule has 98 valence electrons. The van der Waals surface area contributed by atoms with Crippen LogP contribution in [0.3, 0.4) is 0 Å². The molecule has 0 heterocycles. The van der Waals surface area contributed by atoms with Crippen LogP contribution < -0.4 is 11.1 Å². The second-order valence-corrected chi connectivity index (χ2v) is 5.55. The van der Waals surface area contributed by atoms with E-state index in [2.05, 4.69) is 29.6 Å². The van der Waals surface area contributed by atoms with Crippen molar-refractivity contribution in [3.8, 4) is 0 Å². The number of rotatable bonds is 4. The molecule has 0 spiro atoms.